The number of allylic oxidation sites excluding steroid dienone is 2. The molecule has 0 radical (unpaired) electrons. The fourth-order valence-corrected chi connectivity index (χ4v) is 3.36. The third-order valence-corrected chi connectivity index (χ3v) is 5.18. The van der Waals surface area contributed by atoms with Gasteiger partial charge in [0, 0.05) is 0 Å². The fourth-order valence-electron chi connectivity index (χ4n) is 3.36. The van der Waals surface area contributed by atoms with Crippen LogP contribution in [0.1, 0.15) is 51.4 Å². The summed E-state index contributed by atoms with van der Waals surface area (Å²) in [4.78, 5) is 0. The Morgan fingerprint density at radius 3 is 2.71 bits per heavy atom. The molecule has 0 aromatic heterocycles. The molecule has 0 aromatic carbocycles. The molecule has 0 aliphatic heterocycles. The van der Waals surface area contributed by atoms with Crippen LogP contribution < -0.4 is 5.32 Å². The molecule has 3 saturated carbocycles. The molecule has 0 saturated heterocycles. The van der Waals surface area contributed by atoms with Crippen LogP contribution in [0.5, 0.6) is 0 Å². The largest absolute Gasteiger partial charge is 0.320 e. The molecule has 0 bridgehead atoms. The van der Waals surface area contributed by atoms with Gasteiger partial charge in [-0.2, -0.15) is 0 Å². The highest BCUT2D eigenvalue weighted by Gasteiger charge is 2.61. The molecule has 1 spiro atoms. The number of unbranched alkanes of at least 4 members (excludes halogenated alkanes) is 1. The van der Waals surface area contributed by atoms with E-state index in [4.69, 9.17) is 0 Å². The van der Waals surface area contributed by atoms with Crippen molar-refractivity contribution in [2.75, 3.05) is 13.6 Å². The fraction of sp³-hybridized carbons (Fsp3) is 0.875. The van der Waals surface area contributed by atoms with Gasteiger partial charge in [-0.1, -0.05) is 18.6 Å². The normalized spacial score (nSPS) is 31.0. The summed E-state index contributed by atoms with van der Waals surface area (Å²) in [7, 11) is 2.06. The van der Waals surface area contributed by atoms with Crippen LogP contribution in [0.2, 0.25) is 0 Å². The van der Waals surface area contributed by atoms with Crippen molar-refractivity contribution in [1.82, 2.24) is 5.32 Å². The molecule has 3 rings (SSSR count). The van der Waals surface area contributed by atoms with Crippen molar-refractivity contribution in [2.24, 2.45) is 23.2 Å². The second kappa shape index (κ2) is 4.76. The van der Waals surface area contributed by atoms with Gasteiger partial charge in [-0.15, -0.1) is 0 Å². The first-order chi connectivity index (χ1) is 8.34. The van der Waals surface area contributed by atoms with Gasteiger partial charge in [0.25, 0.3) is 0 Å². The zero-order valence-electron chi connectivity index (χ0n) is 11.3. The van der Waals surface area contributed by atoms with Crippen molar-refractivity contribution in [1.29, 1.82) is 0 Å². The molecule has 2 atom stereocenters. The molecule has 3 aliphatic carbocycles. The maximum absolute atomic E-state index is 3.25. The van der Waals surface area contributed by atoms with Crippen molar-refractivity contribution in [3.05, 3.63) is 12.2 Å². The minimum atomic E-state index is 0.858. The Bertz CT molecular complexity index is 286. The Morgan fingerprint density at radius 2 is 2.12 bits per heavy atom. The minimum Gasteiger partial charge on any atom is -0.320 e. The van der Waals surface area contributed by atoms with Crippen LogP contribution in [0.15, 0.2) is 12.2 Å². The van der Waals surface area contributed by atoms with Gasteiger partial charge in [-0.3, -0.25) is 0 Å². The summed E-state index contributed by atoms with van der Waals surface area (Å²) in [6.07, 6.45) is 16.9. The Balaban J connectivity index is 1.40. The molecule has 1 heteroatoms. The van der Waals surface area contributed by atoms with E-state index in [1.807, 2.05) is 0 Å². The van der Waals surface area contributed by atoms with E-state index in [-0.39, 0.29) is 0 Å². The topological polar surface area (TPSA) is 12.0 Å². The predicted molar refractivity (Wildman–Crippen MR) is 72.9 cm³/mol. The SMILES string of the molecule is CNCCCCC(/C=C\C1CC12CC2)C1CC1. The van der Waals surface area contributed by atoms with Gasteiger partial charge in [-0.25, -0.2) is 0 Å². The molecule has 0 heterocycles. The van der Waals surface area contributed by atoms with Crippen LogP contribution >= 0.6 is 0 Å². The number of hydrogen-bond donors (Lipinski definition) is 1. The first-order valence-corrected chi connectivity index (χ1v) is 7.67. The van der Waals surface area contributed by atoms with Gasteiger partial charge in [0.15, 0.2) is 0 Å². The van der Waals surface area contributed by atoms with Crippen LogP contribution in [-0.2, 0) is 0 Å². The summed E-state index contributed by atoms with van der Waals surface area (Å²) in [6, 6.07) is 0. The number of rotatable bonds is 8. The van der Waals surface area contributed by atoms with E-state index in [1.54, 1.807) is 0 Å². The second-order valence-electron chi connectivity index (χ2n) is 6.66. The zero-order chi connectivity index (χ0) is 11.7. The van der Waals surface area contributed by atoms with Crippen LogP contribution in [-0.4, -0.2) is 13.6 Å². The summed E-state index contributed by atoms with van der Waals surface area (Å²) in [6.45, 7) is 1.19. The minimum absolute atomic E-state index is 0.858. The molecular weight excluding hydrogens is 206 g/mol. The quantitative estimate of drug-likeness (QED) is 0.497. The Kier molecular flexibility index (Phi) is 3.30. The van der Waals surface area contributed by atoms with Gasteiger partial charge < -0.3 is 5.32 Å². The van der Waals surface area contributed by atoms with E-state index in [1.165, 1.54) is 57.9 Å². The summed E-state index contributed by atoms with van der Waals surface area (Å²) in [5, 5.41) is 3.25. The summed E-state index contributed by atoms with van der Waals surface area (Å²) in [5.74, 6) is 2.96. The monoisotopic (exact) mass is 233 g/mol. The first-order valence-electron chi connectivity index (χ1n) is 7.67. The highest BCUT2D eigenvalue weighted by molar-refractivity contribution is 5.20. The molecule has 3 fully saturated rings. The van der Waals surface area contributed by atoms with Gasteiger partial charge >= 0.3 is 0 Å². The predicted octanol–water partition coefficient (Wildman–Crippen LogP) is 3.76. The van der Waals surface area contributed by atoms with Gasteiger partial charge in [0.05, 0.1) is 0 Å². The third-order valence-electron chi connectivity index (χ3n) is 5.18. The Labute approximate surface area is 106 Å². The smallest absolute Gasteiger partial charge is 0.00519 e. The molecule has 0 aromatic rings. The lowest BCUT2D eigenvalue weighted by atomic mass is 9.95. The lowest BCUT2D eigenvalue weighted by Gasteiger charge is -2.11. The Hall–Kier alpha value is -0.300. The zero-order valence-corrected chi connectivity index (χ0v) is 11.3. The molecule has 0 amide bonds. The van der Waals surface area contributed by atoms with Crippen molar-refractivity contribution < 1.29 is 0 Å². The van der Waals surface area contributed by atoms with Crippen LogP contribution in [0.25, 0.3) is 0 Å². The molecule has 96 valence electrons. The molecule has 3 aliphatic rings. The average Bonchev–Trinajstić information content (AvgIpc) is 3.21. The number of hydrogen-bond acceptors (Lipinski definition) is 1. The maximum atomic E-state index is 3.25. The molecule has 1 N–H and O–H groups in total. The van der Waals surface area contributed by atoms with Gasteiger partial charge in [0.2, 0.25) is 0 Å². The molecular formula is C16H27N. The standard InChI is InChI=1S/C16H27N/c1-17-11-3-2-4-13(14-5-6-14)7-8-15-12-16(15)9-10-16/h7-8,13-15,17H,2-6,9-12H2,1H3/b8-7-. The highest BCUT2D eigenvalue weighted by atomic mass is 14.8. The lowest BCUT2D eigenvalue weighted by molar-refractivity contribution is 0.486. The second-order valence-corrected chi connectivity index (χ2v) is 6.66. The van der Waals surface area contributed by atoms with Crippen LogP contribution in [0.4, 0.5) is 0 Å². The first kappa shape index (κ1) is 11.8. The van der Waals surface area contributed by atoms with E-state index in [0.717, 1.165) is 23.2 Å². The molecule has 1 nitrogen and oxygen atoms in total. The third kappa shape index (κ3) is 2.93. The average molecular weight is 233 g/mol. The summed E-state index contributed by atoms with van der Waals surface area (Å²) >= 11 is 0. The van der Waals surface area contributed by atoms with Crippen LogP contribution in [0.3, 0.4) is 0 Å². The molecule has 17 heavy (non-hydrogen) atoms. The maximum Gasteiger partial charge on any atom is -0.00519 e. The van der Waals surface area contributed by atoms with E-state index < -0.39 is 0 Å². The van der Waals surface area contributed by atoms with Crippen molar-refractivity contribution in [3.8, 4) is 0 Å². The van der Waals surface area contributed by atoms with E-state index in [9.17, 15) is 0 Å². The van der Waals surface area contributed by atoms with Crippen molar-refractivity contribution in [2.45, 2.75) is 51.4 Å². The van der Waals surface area contributed by atoms with Crippen LogP contribution in [0, 0.1) is 23.2 Å². The van der Waals surface area contributed by atoms with E-state index in [2.05, 4.69) is 24.5 Å². The van der Waals surface area contributed by atoms with Gasteiger partial charge in [-0.05, 0) is 81.7 Å². The summed E-state index contributed by atoms with van der Waals surface area (Å²) < 4.78 is 0. The summed E-state index contributed by atoms with van der Waals surface area (Å²) in [5.41, 5.74) is 0.858. The van der Waals surface area contributed by atoms with Crippen molar-refractivity contribution in [3.63, 3.8) is 0 Å². The van der Waals surface area contributed by atoms with E-state index >= 15 is 0 Å². The number of nitrogens with one attached hydrogen (secondary N) is 1. The lowest BCUT2D eigenvalue weighted by Crippen LogP contribution is -2.08. The highest BCUT2D eigenvalue weighted by Crippen LogP contribution is 2.71. The molecule has 2 unspecified atom stereocenters. The Morgan fingerprint density at radius 1 is 1.29 bits per heavy atom. The van der Waals surface area contributed by atoms with Crippen molar-refractivity contribution >= 4 is 0 Å². The van der Waals surface area contributed by atoms with Gasteiger partial charge in [0.1, 0.15) is 0 Å². The van der Waals surface area contributed by atoms with E-state index in [0.29, 0.717) is 0 Å².